The number of halogens is 5. The molecule has 33 heavy (non-hydrogen) atoms. The van der Waals surface area contributed by atoms with Gasteiger partial charge in [-0.1, -0.05) is 24.3 Å². The molecule has 2 aromatic rings. The van der Waals surface area contributed by atoms with Crippen molar-refractivity contribution in [3.8, 4) is 0 Å². The second-order valence-electron chi connectivity index (χ2n) is 8.01. The molecule has 1 amide bonds. The number of carbonyl (C=O) groups excluding carboxylic acids is 2. The minimum Gasteiger partial charge on any atom is -0.460 e. The quantitative estimate of drug-likeness (QED) is 0.417. The molecule has 0 radical (unpaired) electrons. The molecule has 1 aliphatic heterocycles. The molecule has 176 valence electrons. The van der Waals surface area contributed by atoms with Gasteiger partial charge in [0.25, 0.3) is 0 Å². The van der Waals surface area contributed by atoms with Gasteiger partial charge in [-0.05, 0) is 38.5 Å². The van der Waals surface area contributed by atoms with Crippen molar-refractivity contribution in [3.63, 3.8) is 0 Å². The first-order valence-electron chi connectivity index (χ1n) is 10.2. The zero-order chi connectivity index (χ0) is 24.5. The van der Waals surface area contributed by atoms with Crippen LogP contribution < -0.4 is 0 Å². The molecule has 0 saturated heterocycles. The van der Waals surface area contributed by atoms with Gasteiger partial charge in [-0.2, -0.15) is 13.2 Å². The maximum Gasteiger partial charge on any atom is 0.416 e. The normalized spacial score (nSPS) is 17.1. The maximum atomic E-state index is 14.2. The van der Waals surface area contributed by atoms with Crippen molar-refractivity contribution in [3.05, 3.63) is 82.1 Å². The van der Waals surface area contributed by atoms with Crippen molar-refractivity contribution in [1.82, 2.24) is 4.90 Å². The number of nitrogens with zero attached hydrogens (tertiary/aromatic N) is 1. The Labute approximate surface area is 187 Å². The molecule has 0 saturated carbocycles. The molecule has 0 aliphatic carbocycles. The summed E-state index contributed by atoms with van der Waals surface area (Å²) in [5, 5.41) is 0. The Kier molecular flexibility index (Phi) is 6.90. The van der Waals surface area contributed by atoms with E-state index in [9.17, 15) is 31.5 Å². The SMILES string of the molecule is CC1=C(C(=O)OC(C)C)[C@@H](c2ccccc2C(F)(F)F)CC(=O)N1Cc1ccc(F)cc1F. The van der Waals surface area contributed by atoms with Crippen LogP contribution in [0.3, 0.4) is 0 Å². The average molecular weight is 467 g/mol. The van der Waals surface area contributed by atoms with Gasteiger partial charge in [-0.25, -0.2) is 13.6 Å². The van der Waals surface area contributed by atoms with E-state index in [0.717, 1.165) is 17.0 Å². The highest BCUT2D eigenvalue weighted by atomic mass is 19.4. The van der Waals surface area contributed by atoms with E-state index in [1.165, 1.54) is 31.2 Å². The van der Waals surface area contributed by atoms with Crippen LogP contribution in [-0.2, 0) is 27.0 Å². The van der Waals surface area contributed by atoms with Crippen molar-refractivity contribution >= 4 is 11.9 Å². The lowest BCUT2D eigenvalue weighted by Crippen LogP contribution is -2.39. The molecule has 4 nitrogen and oxygen atoms in total. The molecule has 0 N–H and O–H groups in total. The van der Waals surface area contributed by atoms with Crippen molar-refractivity contribution < 1.29 is 36.3 Å². The van der Waals surface area contributed by atoms with Gasteiger partial charge in [-0.3, -0.25) is 4.79 Å². The van der Waals surface area contributed by atoms with Crippen molar-refractivity contribution in [2.24, 2.45) is 0 Å². The van der Waals surface area contributed by atoms with E-state index in [0.29, 0.717) is 6.07 Å². The predicted octanol–water partition coefficient (Wildman–Crippen LogP) is 5.73. The molecule has 9 heteroatoms. The van der Waals surface area contributed by atoms with Gasteiger partial charge in [-0.15, -0.1) is 0 Å². The lowest BCUT2D eigenvalue weighted by atomic mass is 9.81. The van der Waals surface area contributed by atoms with Crippen LogP contribution in [-0.4, -0.2) is 22.9 Å². The second kappa shape index (κ2) is 9.33. The fourth-order valence-corrected chi connectivity index (χ4v) is 3.89. The fourth-order valence-electron chi connectivity index (χ4n) is 3.89. The number of ether oxygens (including phenoxy) is 1. The first-order chi connectivity index (χ1) is 15.4. The monoisotopic (exact) mass is 467 g/mol. The van der Waals surface area contributed by atoms with Gasteiger partial charge in [0.05, 0.1) is 23.8 Å². The van der Waals surface area contributed by atoms with Crippen LogP contribution in [0, 0.1) is 11.6 Å². The second-order valence-corrected chi connectivity index (χ2v) is 8.01. The molecular formula is C24H22F5NO3. The Bertz CT molecular complexity index is 1110. The number of esters is 1. The zero-order valence-electron chi connectivity index (χ0n) is 18.2. The maximum absolute atomic E-state index is 14.2. The highest BCUT2D eigenvalue weighted by Gasteiger charge is 2.42. The lowest BCUT2D eigenvalue weighted by Gasteiger charge is -2.35. The van der Waals surface area contributed by atoms with Gasteiger partial charge in [0.2, 0.25) is 5.91 Å². The highest BCUT2D eigenvalue weighted by Crippen LogP contribution is 2.43. The number of alkyl halides is 3. The number of benzene rings is 2. The van der Waals surface area contributed by atoms with E-state index in [1.54, 1.807) is 13.8 Å². The number of amides is 1. The number of allylic oxidation sites excluding steroid dienone is 1. The summed E-state index contributed by atoms with van der Waals surface area (Å²) >= 11 is 0. The molecule has 0 bridgehead atoms. The molecule has 0 fully saturated rings. The Morgan fingerprint density at radius 1 is 1.15 bits per heavy atom. The summed E-state index contributed by atoms with van der Waals surface area (Å²) in [6.07, 6.45) is -5.71. The van der Waals surface area contributed by atoms with E-state index in [-0.39, 0.29) is 28.9 Å². The summed E-state index contributed by atoms with van der Waals surface area (Å²) in [5.74, 6) is -4.33. The predicted molar refractivity (Wildman–Crippen MR) is 110 cm³/mol. The van der Waals surface area contributed by atoms with Gasteiger partial charge >= 0.3 is 12.1 Å². The summed E-state index contributed by atoms with van der Waals surface area (Å²) in [6.45, 7) is 4.26. The van der Waals surface area contributed by atoms with Crippen LogP contribution >= 0.6 is 0 Å². The summed E-state index contributed by atoms with van der Waals surface area (Å²) in [4.78, 5) is 27.1. The summed E-state index contributed by atoms with van der Waals surface area (Å²) in [6, 6.07) is 7.61. The standard InChI is InChI=1S/C24H22F5NO3/c1-13(2)33-23(32)22-14(3)30(12-15-8-9-16(25)10-20(15)26)21(31)11-18(22)17-6-4-5-7-19(17)24(27,28)29/h4-10,13,18H,11-12H2,1-3H3/t18-/m1/s1. The minimum absolute atomic E-state index is 0.00480. The van der Waals surface area contributed by atoms with Gasteiger partial charge in [0.1, 0.15) is 11.6 Å². The third-order valence-corrected chi connectivity index (χ3v) is 5.37. The molecule has 1 atom stereocenters. The Morgan fingerprint density at radius 3 is 2.42 bits per heavy atom. The number of hydrogen-bond acceptors (Lipinski definition) is 3. The largest absolute Gasteiger partial charge is 0.460 e. The first kappa shape index (κ1) is 24.4. The average Bonchev–Trinajstić information content (AvgIpc) is 2.70. The first-order valence-corrected chi connectivity index (χ1v) is 10.2. The zero-order valence-corrected chi connectivity index (χ0v) is 18.2. The molecule has 2 aromatic carbocycles. The molecule has 0 aromatic heterocycles. The van der Waals surface area contributed by atoms with E-state index in [2.05, 4.69) is 0 Å². The van der Waals surface area contributed by atoms with Crippen LogP contribution in [0.2, 0.25) is 0 Å². The highest BCUT2D eigenvalue weighted by molar-refractivity contribution is 5.96. The lowest BCUT2D eigenvalue weighted by molar-refractivity contribution is -0.145. The van der Waals surface area contributed by atoms with E-state index in [1.807, 2.05) is 0 Å². The Balaban J connectivity index is 2.13. The van der Waals surface area contributed by atoms with Gasteiger partial charge < -0.3 is 9.64 Å². The molecule has 0 spiro atoms. The van der Waals surface area contributed by atoms with E-state index >= 15 is 0 Å². The topological polar surface area (TPSA) is 46.6 Å². The van der Waals surface area contributed by atoms with Crippen molar-refractivity contribution in [2.45, 2.75) is 51.9 Å². The minimum atomic E-state index is -4.70. The molecule has 0 unspecified atom stereocenters. The number of hydrogen-bond donors (Lipinski definition) is 0. The van der Waals surface area contributed by atoms with Crippen LogP contribution in [0.4, 0.5) is 22.0 Å². The number of carbonyl (C=O) groups is 2. The Morgan fingerprint density at radius 2 is 1.82 bits per heavy atom. The molecule has 1 aliphatic rings. The summed E-state index contributed by atoms with van der Waals surface area (Å²) < 4.78 is 73.8. The van der Waals surface area contributed by atoms with Crippen LogP contribution in [0.25, 0.3) is 0 Å². The van der Waals surface area contributed by atoms with Crippen molar-refractivity contribution in [1.29, 1.82) is 0 Å². The molecule has 1 heterocycles. The Hall–Kier alpha value is -3.23. The van der Waals surface area contributed by atoms with Crippen molar-refractivity contribution in [2.75, 3.05) is 0 Å². The fraction of sp³-hybridized carbons (Fsp3) is 0.333. The van der Waals surface area contributed by atoms with Crippen LogP contribution in [0.15, 0.2) is 53.7 Å². The smallest absolute Gasteiger partial charge is 0.416 e. The van der Waals surface area contributed by atoms with Gasteiger partial charge in [0.15, 0.2) is 0 Å². The third kappa shape index (κ3) is 5.23. The van der Waals surface area contributed by atoms with E-state index in [4.69, 9.17) is 4.74 Å². The van der Waals surface area contributed by atoms with Gasteiger partial charge in [0, 0.05) is 29.7 Å². The van der Waals surface area contributed by atoms with E-state index < -0.39 is 53.7 Å². The van der Waals surface area contributed by atoms with Crippen LogP contribution in [0.5, 0.6) is 0 Å². The summed E-state index contributed by atoms with van der Waals surface area (Å²) in [7, 11) is 0. The molecular weight excluding hydrogens is 445 g/mol. The number of rotatable bonds is 5. The summed E-state index contributed by atoms with van der Waals surface area (Å²) in [5.41, 5.74) is -1.23. The molecule has 3 rings (SSSR count). The van der Waals surface area contributed by atoms with Crippen LogP contribution in [0.1, 0.15) is 49.8 Å². The third-order valence-electron chi connectivity index (χ3n) is 5.37.